The fourth-order valence-corrected chi connectivity index (χ4v) is 3.08. The molecule has 0 unspecified atom stereocenters. The fraction of sp³-hybridized carbons (Fsp3) is 0.100. The average molecular weight is 347 g/mol. The molecule has 0 saturated heterocycles. The maximum atomic E-state index is 12.2. The van der Waals surface area contributed by atoms with Crippen LogP contribution in [0.5, 0.6) is 0 Å². The van der Waals surface area contributed by atoms with Gasteiger partial charge in [-0.05, 0) is 41.8 Å². The van der Waals surface area contributed by atoms with Gasteiger partial charge in [0, 0.05) is 23.6 Å². The number of fused-ring (bicyclic) bond motifs is 1. The number of carbonyl (C=O) groups is 2. The van der Waals surface area contributed by atoms with E-state index in [2.05, 4.69) is 28.1 Å². The molecule has 130 valence electrons. The van der Waals surface area contributed by atoms with Crippen LogP contribution in [-0.2, 0) is 9.59 Å². The van der Waals surface area contributed by atoms with Crippen molar-refractivity contribution in [3.8, 4) is 5.69 Å². The highest BCUT2D eigenvalue weighted by Gasteiger charge is 2.30. The Bertz CT molecular complexity index is 1020. The van der Waals surface area contributed by atoms with E-state index in [-0.39, 0.29) is 18.8 Å². The Morgan fingerprint density at radius 2 is 1.73 bits per heavy atom. The number of para-hydroxylation sites is 1. The van der Waals surface area contributed by atoms with Gasteiger partial charge in [-0.2, -0.15) is 0 Å². The molecule has 1 aliphatic rings. The van der Waals surface area contributed by atoms with Crippen molar-refractivity contribution in [2.45, 2.75) is 0 Å². The van der Waals surface area contributed by atoms with E-state index >= 15 is 0 Å². The van der Waals surface area contributed by atoms with Gasteiger partial charge in [0.05, 0.1) is 18.7 Å². The van der Waals surface area contributed by atoms with E-state index < -0.39 is 11.8 Å². The summed E-state index contributed by atoms with van der Waals surface area (Å²) in [5.74, 6) is -0.841. The zero-order valence-electron chi connectivity index (χ0n) is 13.9. The van der Waals surface area contributed by atoms with Crippen molar-refractivity contribution in [3.05, 3.63) is 72.6 Å². The molecule has 0 bridgehead atoms. The maximum absolute atomic E-state index is 12.2. The molecule has 6 nitrogen and oxygen atoms in total. The first-order valence-electron chi connectivity index (χ1n) is 8.29. The number of rotatable bonds is 5. The van der Waals surface area contributed by atoms with Crippen LogP contribution in [0.4, 0.5) is 5.69 Å². The Morgan fingerprint density at radius 1 is 0.962 bits per heavy atom. The SMILES string of the molecule is O=C1C=C(Nc2ccc(-n3ccc4ccccc43)cc2)C(=O)N1CCO. The Hall–Kier alpha value is -3.38. The number of amides is 2. The molecule has 3 aromatic rings. The van der Waals surface area contributed by atoms with Crippen LogP contribution in [-0.4, -0.2) is 39.5 Å². The van der Waals surface area contributed by atoms with Crippen molar-refractivity contribution in [1.29, 1.82) is 0 Å². The van der Waals surface area contributed by atoms with Gasteiger partial charge in [-0.25, -0.2) is 0 Å². The van der Waals surface area contributed by atoms with E-state index in [0.717, 1.165) is 16.1 Å². The number of aromatic nitrogens is 1. The lowest BCUT2D eigenvalue weighted by Gasteiger charge is -2.13. The van der Waals surface area contributed by atoms with Crippen LogP contribution in [0.25, 0.3) is 16.6 Å². The van der Waals surface area contributed by atoms with Crippen LogP contribution in [0.1, 0.15) is 0 Å². The second-order valence-corrected chi connectivity index (χ2v) is 5.99. The monoisotopic (exact) mass is 347 g/mol. The molecule has 1 aliphatic heterocycles. The zero-order chi connectivity index (χ0) is 18.1. The predicted octanol–water partition coefficient (Wildman–Crippen LogP) is 2.29. The first kappa shape index (κ1) is 16.1. The molecule has 2 amide bonds. The Balaban J connectivity index is 1.55. The molecule has 6 heteroatoms. The van der Waals surface area contributed by atoms with Crippen LogP contribution < -0.4 is 5.32 Å². The second-order valence-electron chi connectivity index (χ2n) is 5.99. The molecule has 2 heterocycles. The van der Waals surface area contributed by atoms with E-state index in [1.165, 1.54) is 11.5 Å². The second kappa shape index (κ2) is 6.50. The molecular formula is C20H17N3O3. The van der Waals surface area contributed by atoms with E-state index in [4.69, 9.17) is 5.11 Å². The number of hydrogen-bond donors (Lipinski definition) is 2. The number of anilines is 1. The third kappa shape index (κ3) is 2.76. The van der Waals surface area contributed by atoms with Gasteiger partial charge in [0.2, 0.25) is 0 Å². The minimum absolute atomic E-state index is 0.00100. The van der Waals surface area contributed by atoms with E-state index in [0.29, 0.717) is 5.69 Å². The largest absolute Gasteiger partial charge is 0.395 e. The van der Waals surface area contributed by atoms with Gasteiger partial charge in [0.25, 0.3) is 11.8 Å². The summed E-state index contributed by atoms with van der Waals surface area (Å²) in [6.45, 7) is -0.253. The number of nitrogens with one attached hydrogen (secondary N) is 1. The van der Waals surface area contributed by atoms with Gasteiger partial charge in [0.15, 0.2) is 0 Å². The Labute approximate surface area is 150 Å². The normalized spacial score (nSPS) is 14.2. The van der Waals surface area contributed by atoms with Gasteiger partial charge in [0.1, 0.15) is 5.70 Å². The summed E-state index contributed by atoms with van der Waals surface area (Å²) >= 11 is 0. The molecule has 0 atom stereocenters. The molecule has 0 fully saturated rings. The molecule has 0 aliphatic carbocycles. The molecule has 2 N–H and O–H groups in total. The van der Waals surface area contributed by atoms with Crippen LogP contribution in [0, 0.1) is 0 Å². The highest BCUT2D eigenvalue weighted by Crippen LogP contribution is 2.23. The van der Waals surface area contributed by atoms with Crippen LogP contribution in [0.15, 0.2) is 72.6 Å². The smallest absolute Gasteiger partial charge is 0.277 e. The molecule has 26 heavy (non-hydrogen) atoms. The summed E-state index contributed by atoms with van der Waals surface area (Å²) in [5, 5.41) is 13.1. The number of carbonyl (C=O) groups excluding carboxylic acids is 2. The number of imide groups is 1. The Kier molecular flexibility index (Phi) is 4.02. The van der Waals surface area contributed by atoms with Crippen molar-refractivity contribution in [2.75, 3.05) is 18.5 Å². The van der Waals surface area contributed by atoms with Crippen molar-refractivity contribution in [3.63, 3.8) is 0 Å². The van der Waals surface area contributed by atoms with Crippen molar-refractivity contribution in [2.24, 2.45) is 0 Å². The van der Waals surface area contributed by atoms with Gasteiger partial charge < -0.3 is 15.0 Å². The number of aliphatic hydroxyl groups is 1. The predicted molar refractivity (Wildman–Crippen MR) is 98.8 cm³/mol. The van der Waals surface area contributed by atoms with Crippen LogP contribution >= 0.6 is 0 Å². The molecule has 0 radical (unpaired) electrons. The summed E-state index contributed by atoms with van der Waals surface area (Å²) in [4.78, 5) is 25.0. The maximum Gasteiger partial charge on any atom is 0.277 e. The lowest BCUT2D eigenvalue weighted by Crippen LogP contribution is -2.34. The first-order chi connectivity index (χ1) is 12.7. The highest BCUT2D eigenvalue weighted by atomic mass is 16.3. The minimum Gasteiger partial charge on any atom is -0.395 e. The Morgan fingerprint density at radius 3 is 2.50 bits per heavy atom. The van der Waals surface area contributed by atoms with Crippen molar-refractivity contribution in [1.82, 2.24) is 9.47 Å². The van der Waals surface area contributed by atoms with Gasteiger partial charge in [-0.1, -0.05) is 18.2 Å². The fourth-order valence-electron chi connectivity index (χ4n) is 3.08. The molecular weight excluding hydrogens is 330 g/mol. The highest BCUT2D eigenvalue weighted by molar-refractivity contribution is 6.17. The summed E-state index contributed by atoms with van der Waals surface area (Å²) in [7, 11) is 0. The molecule has 1 aromatic heterocycles. The lowest BCUT2D eigenvalue weighted by molar-refractivity contribution is -0.137. The summed E-state index contributed by atoms with van der Waals surface area (Å²) in [6.07, 6.45) is 3.27. The summed E-state index contributed by atoms with van der Waals surface area (Å²) < 4.78 is 2.09. The van der Waals surface area contributed by atoms with E-state index in [1.807, 2.05) is 42.6 Å². The minimum atomic E-state index is -0.426. The number of nitrogens with zero attached hydrogens (tertiary/aromatic N) is 2. The summed E-state index contributed by atoms with van der Waals surface area (Å²) in [6, 6.07) is 17.8. The third-order valence-corrected chi connectivity index (χ3v) is 4.36. The van der Waals surface area contributed by atoms with E-state index in [1.54, 1.807) is 0 Å². The van der Waals surface area contributed by atoms with Gasteiger partial charge >= 0.3 is 0 Å². The molecule has 0 saturated carbocycles. The van der Waals surface area contributed by atoms with Crippen LogP contribution in [0.2, 0.25) is 0 Å². The standard InChI is InChI=1S/C20H17N3O3/c24-12-11-23-19(25)13-17(20(23)26)21-15-5-7-16(8-6-15)22-10-9-14-3-1-2-4-18(14)22/h1-10,13,21,24H,11-12H2. The van der Waals surface area contributed by atoms with Gasteiger partial charge in [-0.15, -0.1) is 0 Å². The average Bonchev–Trinajstić information content (AvgIpc) is 3.20. The van der Waals surface area contributed by atoms with E-state index in [9.17, 15) is 9.59 Å². The number of aliphatic hydroxyl groups excluding tert-OH is 1. The zero-order valence-corrected chi connectivity index (χ0v) is 13.9. The first-order valence-corrected chi connectivity index (χ1v) is 8.29. The number of benzene rings is 2. The summed E-state index contributed by atoms with van der Waals surface area (Å²) in [5.41, 5.74) is 3.04. The molecule has 2 aromatic carbocycles. The quantitative estimate of drug-likeness (QED) is 0.695. The topological polar surface area (TPSA) is 74.6 Å². The molecule has 0 spiro atoms. The number of β-amino-alcohol motifs (C(OH)–C–C–N with tert-alkyl or cyclic N) is 1. The van der Waals surface area contributed by atoms with Crippen LogP contribution in [0.3, 0.4) is 0 Å². The lowest BCUT2D eigenvalue weighted by atomic mass is 10.2. The molecule has 4 rings (SSSR count). The third-order valence-electron chi connectivity index (χ3n) is 4.36. The number of hydrogen-bond acceptors (Lipinski definition) is 4. The van der Waals surface area contributed by atoms with Crippen molar-refractivity contribution >= 4 is 28.4 Å². The van der Waals surface area contributed by atoms with Gasteiger partial charge in [-0.3, -0.25) is 14.5 Å². The van der Waals surface area contributed by atoms with Crippen molar-refractivity contribution < 1.29 is 14.7 Å².